The van der Waals surface area contributed by atoms with Gasteiger partial charge in [0.1, 0.15) is 0 Å². The summed E-state index contributed by atoms with van der Waals surface area (Å²) in [5, 5.41) is 0. The Labute approximate surface area is 106 Å². The van der Waals surface area contributed by atoms with Crippen molar-refractivity contribution in [1.82, 2.24) is 0 Å². The molecule has 0 fully saturated rings. The molecule has 0 aromatic rings. The molecule has 0 aliphatic carbocycles. The minimum absolute atomic E-state index is 0. The Kier molecular flexibility index (Phi) is 16.9. The molecule has 0 saturated carbocycles. The Balaban J connectivity index is -0.0000000800. The second kappa shape index (κ2) is 7.15. The van der Waals surface area contributed by atoms with Crippen molar-refractivity contribution in [3.8, 4) is 0 Å². The second-order valence-corrected chi connectivity index (χ2v) is 2.54. The summed E-state index contributed by atoms with van der Waals surface area (Å²) < 4.78 is 39.6. The molecule has 0 unspecified atom stereocenters. The molecule has 0 amide bonds. The van der Waals surface area contributed by atoms with Gasteiger partial charge in [-0.05, 0) is 0 Å². The number of hydrogen-bond donors (Lipinski definition) is 0. The molecule has 0 nitrogen and oxygen atoms in total. The van der Waals surface area contributed by atoms with E-state index in [2.05, 4.69) is 0 Å². The molecule has 0 aliphatic rings. The summed E-state index contributed by atoms with van der Waals surface area (Å²) in [6, 6.07) is 0. The van der Waals surface area contributed by atoms with Gasteiger partial charge in [-0.25, -0.2) is 0 Å². The van der Waals surface area contributed by atoms with E-state index in [0.717, 1.165) is 0 Å². The first-order valence-electron chi connectivity index (χ1n) is 0.756. The van der Waals surface area contributed by atoms with Crippen LogP contribution in [-0.4, -0.2) is 75.3 Å². The standard InChI is InChI=1S/4FH.K.Sn.Zr.3H/h4*1H;;;;;;/q;;;;;;+4;;;/p-4. The van der Waals surface area contributed by atoms with Crippen LogP contribution in [0.15, 0.2) is 0 Å². The summed E-state index contributed by atoms with van der Waals surface area (Å²) in [6.07, 6.45) is 0. The van der Waals surface area contributed by atoms with E-state index in [1.54, 1.807) is 0 Å². The zero-order valence-electron chi connectivity index (χ0n) is 2.72. The molecule has 0 atom stereocenters. The van der Waals surface area contributed by atoms with Crippen LogP contribution < -0.4 is 0 Å². The van der Waals surface area contributed by atoms with E-state index >= 15 is 0 Å². The first kappa shape index (κ1) is 16.6. The van der Waals surface area contributed by atoms with Crippen LogP contribution in [0.3, 0.4) is 0 Å². The number of rotatable bonds is 0. The predicted molar refractivity (Wildman–Crippen MR) is 20.1 cm³/mol. The molecule has 0 N–H and O–H groups in total. The van der Waals surface area contributed by atoms with Gasteiger partial charge in [0.05, 0.1) is 0 Å². The van der Waals surface area contributed by atoms with Gasteiger partial charge in [-0.2, -0.15) is 0 Å². The summed E-state index contributed by atoms with van der Waals surface area (Å²) in [7, 11) is 0. The Bertz CT molecular complexity index is 27.2. The molecule has 40 valence electrons. The second-order valence-electron chi connectivity index (χ2n) is 0.429. The Morgan fingerprint density at radius 3 is 0.857 bits per heavy atom. The van der Waals surface area contributed by atoms with Gasteiger partial charge in [0.15, 0.2) is 0 Å². The monoisotopic (exact) mass is 328 g/mol. The van der Waals surface area contributed by atoms with Crippen molar-refractivity contribution in [2.45, 2.75) is 0 Å². The third kappa shape index (κ3) is 48.5. The summed E-state index contributed by atoms with van der Waals surface area (Å²) in [5.41, 5.74) is 0. The molecule has 0 spiro atoms. The minimum atomic E-state index is -7.18. The first-order valence-corrected chi connectivity index (χ1v) is 4.47. The topological polar surface area (TPSA) is 0 Å². The SMILES string of the molecule is [F][Zr]([F])([F])[F].[KH].[SnH2]. The molecule has 0 rings (SSSR count). The van der Waals surface area contributed by atoms with Crippen molar-refractivity contribution in [3.63, 3.8) is 0 Å². The molecular formula is H3F4KSnZr. The molecule has 0 saturated heterocycles. The summed E-state index contributed by atoms with van der Waals surface area (Å²) >= 11 is -7.18. The van der Waals surface area contributed by atoms with Crippen molar-refractivity contribution in [3.05, 3.63) is 0 Å². The van der Waals surface area contributed by atoms with E-state index in [9.17, 15) is 10.5 Å². The van der Waals surface area contributed by atoms with E-state index < -0.39 is 22.7 Å². The maximum absolute atomic E-state index is 9.90. The van der Waals surface area contributed by atoms with Crippen LogP contribution in [0.25, 0.3) is 0 Å². The fraction of sp³-hybridized carbons (Fsp3) is 0. The van der Waals surface area contributed by atoms with E-state index in [1.165, 1.54) is 0 Å². The van der Waals surface area contributed by atoms with Crippen LogP contribution in [0, 0.1) is 0 Å². The summed E-state index contributed by atoms with van der Waals surface area (Å²) in [4.78, 5) is 0. The maximum atomic E-state index is 9.90. The van der Waals surface area contributed by atoms with E-state index in [4.69, 9.17) is 0 Å². The number of halogens is 4. The van der Waals surface area contributed by atoms with Gasteiger partial charge in [-0.15, -0.1) is 0 Å². The predicted octanol–water partition coefficient (Wildman–Crippen LogP) is 0.114. The van der Waals surface area contributed by atoms with Crippen molar-refractivity contribution >= 4 is 75.3 Å². The van der Waals surface area contributed by atoms with Gasteiger partial charge in [0.2, 0.25) is 0 Å². The fourth-order valence-electron chi connectivity index (χ4n) is 0. The van der Waals surface area contributed by atoms with Crippen LogP contribution >= 0.6 is 0 Å². The van der Waals surface area contributed by atoms with Crippen molar-refractivity contribution in [1.29, 1.82) is 0 Å². The van der Waals surface area contributed by atoms with Gasteiger partial charge < -0.3 is 0 Å². The average molecular weight is 328 g/mol. The van der Waals surface area contributed by atoms with E-state index in [0.29, 0.717) is 0 Å². The Morgan fingerprint density at radius 2 is 0.857 bits per heavy atom. The molecule has 0 bridgehead atoms. The van der Waals surface area contributed by atoms with Gasteiger partial charge in [-0.1, -0.05) is 0 Å². The van der Waals surface area contributed by atoms with Gasteiger partial charge in [-0.3, -0.25) is 0 Å². The van der Waals surface area contributed by atoms with Crippen LogP contribution in [-0.2, 0) is 22.7 Å². The summed E-state index contributed by atoms with van der Waals surface area (Å²) in [6.45, 7) is 0. The summed E-state index contributed by atoms with van der Waals surface area (Å²) in [5.74, 6) is 0. The molecular weight excluding hydrogens is 325 g/mol. The quantitative estimate of drug-likeness (QED) is 0.438. The van der Waals surface area contributed by atoms with Gasteiger partial charge in [0.25, 0.3) is 0 Å². The van der Waals surface area contributed by atoms with Crippen molar-refractivity contribution < 1.29 is 33.2 Å². The molecule has 2 radical (unpaired) electrons. The zero-order chi connectivity index (χ0) is 4.50. The third-order valence-corrected chi connectivity index (χ3v) is 0. The Morgan fingerprint density at radius 1 is 0.857 bits per heavy atom. The fourth-order valence-corrected chi connectivity index (χ4v) is 0. The molecule has 0 aromatic heterocycles. The van der Waals surface area contributed by atoms with Crippen molar-refractivity contribution in [2.24, 2.45) is 0 Å². The van der Waals surface area contributed by atoms with Crippen LogP contribution in [0.4, 0.5) is 10.5 Å². The van der Waals surface area contributed by atoms with E-state index in [1.807, 2.05) is 0 Å². The molecule has 0 aromatic carbocycles. The van der Waals surface area contributed by atoms with Crippen LogP contribution in [0.1, 0.15) is 0 Å². The van der Waals surface area contributed by atoms with Crippen LogP contribution in [0.5, 0.6) is 0 Å². The molecule has 0 heterocycles. The average Bonchev–Trinajstić information content (AvgIpc) is 0.722. The van der Waals surface area contributed by atoms with Gasteiger partial charge >= 0.3 is 109 Å². The zero-order valence-corrected chi connectivity index (χ0v) is 9.21. The normalized spacial score (nSPS) is 8.57. The Hall–Kier alpha value is 3.04. The number of hydrogen-bond acceptors (Lipinski definition) is 0. The van der Waals surface area contributed by atoms with Crippen molar-refractivity contribution in [2.75, 3.05) is 0 Å². The molecule has 7 heavy (non-hydrogen) atoms. The third-order valence-electron chi connectivity index (χ3n) is 0. The molecule has 7 heteroatoms. The first-order chi connectivity index (χ1) is 2.00. The van der Waals surface area contributed by atoms with E-state index in [-0.39, 0.29) is 75.3 Å². The van der Waals surface area contributed by atoms with Gasteiger partial charge in [0, 0.05) is 0 Å². The molecule has 0 aliphatic heterocycles. The van der Waals surface area contributed by atoms with Crippen LogP contribution in [0.2, 0.25) is 0 Å².